The fraction of sp³-hybridized carbons (Fsp3) is 0.857. The van der Waals surface area contributed by atoms with Crippen LogP contribution in [0.5, 0.6) is 0 Å². The van der Waals surface area contributed by atoms with Gasteiger partial charge in [0.1, 0.15) is 0 Å². The minimum Gasteiger partial charge on any atom is -0.384 e. The maximum absolute atomic E-state index is 11.6. The van der Waals surface area contributed by atoms with Crippen LogP contribution in [-0.4, -0.2) is 32.6 Å². The first-order valence-electron chi connectivity index (χ1n) is 3.62. The number of hydrogen-bond donors (Lipinski definition) is 1. The minimum atomic E-state index is -2.93. The molecule has 0 aliphatic carbocycles. The Kier molecular flexibility index (Phi) is 5.53. The molecule has 0 aromatic heterocycles. The lowest BCUT2D eigenvalue weighted by Gasteiger charge is -2.10. The molecule has 1 amide bonds. The second-order valence-electron chi connectivity index (χ2n) is 2.61. The van der Waals surface area contributed by atoms with Gasteiger partial charge in [-0.2, -0.15) is 8.78 Å². The molecule has 0 radical (unpaired) electrons. The van der Waals surface area contributed by atoms with Crippen LogP contribution in [0.1, 0.15) is 6.92 Å². The van der Waals surface area contributed by atoms with Gasteiger partial charge in [0.2, 0.25) is 0 Å². The topological polar surface area (TPSA) is 38.3 Å². The van der Waals surface area contributed by atoms with Crippen LogP contribution in [0.25, 0.3) is 0 Å². The lowest BCUT2D eigenvalue weighted by atomic mass is 10.2. The fourth-order valence-corrected chi connectivity index (χ4v) is 0.695. The average molecular weight is 181 g/mol. The highest BCUT2D eigenvalue weighted by molar-refractivity contribution is 5.78. The summed E-state index contributed by atoms with van der Waals surface area (Å²) in [5.74, 6) is -1.17. The number of amides is 1. The highest BCUT2D eigenvalue weighted by atomic mass is 19.3. The molecular weight excluding hydrogens is 168 g/mol. The zero-order valence-electron chi connectivity index (χ0n) is 7.14. The molecule has 72 valence electrons. The Morgan fingerprint density at radius 3 is 2.58 bits per heavy atom. The SMILES string of the molecule is COCC(C)CNC(=O)C(F)F. The monoisotopic (exact) mass is 181 g/mol. The van der Waals surface area contributed by atoms with Gasteiger partial charge in [0.15, 0.2) is 0 Å². The van der Waals surface area contributed by atoms with E-state index in [-0.39, 0.29) is 12.5 Å². The third-order valence-electron chi connectivity index (χ3n) is 1.27. The van der Waals surface area contributed by atoms with Gasteiger partial charge in [0.05, 0.1) is 6.61 Å². The van der Waals surface area contributed by atoms with E-state index in [1.807, 2.05) is 0 Å². The van der Waals surface area contributed by atoms with Crippen LogP contribution in [0.4, 0.5) is 8.78 Å². The summed E-state index contributed by atoms with van der Waals surface area (Å²) < 4.78 is 28.0. The van der Waals surface area contributed by atoms with E-state index in [0.717, 1.165) is 0 Å². The molecule has 0 aliphatic heterocycles. The standard InChI is InChI=1S/C7H13F2NO2/c1-5(4-12-2)3-10-7(11)6(8)9/h5-6H,3-4H2,1-2H3,(H,10,11). The first kappa shape index (κ1) is 11.3. The molecule has 3 nitrogen and oxygen atoms in total. The number of methoxy groups -OCH3 is 1. The zero-order chi connectivity index (χ0) is 9.56. The van der Waals surface area contributed by atoms with Gasteiger partial charge in [0.25, 0.3) is 5.91 Å². The maximum Gasteiger partial charge on any atom is 0.315 e. The van der Waals surface area contributed by atoms with Gasteiger partial charge in [-0.15, -0.1) is 0 Å². The molecule has 0 spiro atoms. The first-order valence-corrected chi connectivity index (χ1v) is 3.62. The molecule has 0 aliphatic rings. The molecule has 0 fully saturated rings. The van der Waals surface area contributed by atoms with Crippen LogP contribution < -0.4 is 5.32 Å². The zero-order valence-corrected chi connectivity index (χ0v) is 7.14. The first-order chi connectivity index (χ1) is 5.57. The summed E-state index contributed by atoms with van der Waals surface area (Å²) in [4.78, 5) is 10.3. The summed E-state index contributed by atoms with van der Waals surface area (Å²) in [6, 6.07) is 0. The van der Waals surface area contributed by atoms with Crippen molar-refractivity contribution in [2.75, 3.05) is 20.3 Å². The van der Waals surface area contributed by atoms with Crippen LogP contribution in [0, 0.1) is 5.92 Å². The largest absolute Gasteiger partial charge is 0.384 e. The summed E-state index contributed by atoms with van der Waals surface area (Å²) in [7, 11) is 1.52. The van der Waals surface area contributed by atoms with Gasteiger partial charge >= 0.3 is 6.43 Å². The van der Waals surface area contributed by atoms with Gasteiger partial charge in [0, 0.05) is 13.7 Å². The van der Waals surface area contributed by atoms with Crippen LogP contribution >= 0.6 is 0 Å². The lowest BCUT2D eigenvalue weighted by Crippen LogP contribution is -2.34. The summed E-state index contributed by atoms with van der Waals surface area (Å²) in [6.07, 6.45) is -2.93. The van der Waals surface area contributed by atoms with E-state index in [9.17, 15) is 13.6 Å². The molecule has 0 saturated carbocycles. The van der Waals surface area contributed by atoms with Crippen molar-refractivity contribution in [1.82, 2.24) is 5.32 Å². The van der Waals surface area contributed by atoms with Crippen LogP contribution in [-0.2, 0) is 9.53 Å². The second kappa shape index (κ2) is 5.88. The molecule has 1 atom stereocenters. The van der Waals surface area contributed by atoms with E-state index in [4.69, 9.17) is 4.74 Å². The number of ether oxygens (including phenoxy) is 1. The Bertz CT molecular complexity index is 141. The number of carbonyl (C=O) groups excluding carboxylic acids is 1. The number of halogens is 2. The Balaban J connectivity index is 3.47. The van der Waals surface area contributed by atoms with Crippen LogP contribution in [0.15, 0.2) is 0 Å². The van der Waals surface area contributed by atoms with E-state index in [1.165, 1.54) is 7.11 Å². The van der Waals surface area contributed by atoms with E-state index in [0.29, 0.717) is 6.61 Å². The molecule has 5 heteroatoms. The van der Waals surface area contributed by atoms with Gasteiger partial charge < -0.3 is 10.1 Å². The van der Waals surface area contributed by atoms with Crippen molar-refractivity contribution >= 4 is 5.91 Å². The highest BCUT2D eigenvalue weighted by Crippen LogP contribution is 1.95. The van der Waals surface area contributed by atoms with Crippen molar-refractivity contribution in [2.45, 2.75) is 13.3 Å². The molecule has 12 heavy (non-hydrogen) atoms. The predicted octanol–water partition coefficient (Wildman–Crippen LogP) is 0.650. The number of rotatable bonds is 5. The van der Waals surface area contributed by atoms with Gasteiger partial charge in [-0.3, -0.25) is 4.79 Å². The Morgan fingerprint density at radius 1 is 1.58 bits per heavy atom. The maximum atomic E-state index is 11.6. The minimum absolute atomic E-state index is 0.0534. The smallest absolute Gasteiger partial charge is 0.315 e. The molecule has 0 bridgehead atoms. The average Bonchev–Trinajstić information content (AvgIpc) is 2.00. The summed E-state index contributed by atoms with van der Waals surface area (Å²) in [5.41, 5.74) is 0. The van der Waals surface area contributed by atoms with Crippen molar-refractivity contribution < 1.29 is 18.3 Å². The molecule has 0 aromatic carbocycles. The van der Waals surface area contributed by atoms with Crippen molar-refractivity contribution in [1.29, 1.82) is 0 Å². The third kappa shape index (κ3) is 5.01. The number of carbonyl (C=O) groups is 1. The number of nitrogens with one attached hydrogen (secondary N) is 1. The van der Waals surface area contributed by atoms with Crippen LogP contribution in [0.3, 0.4) is 0 Å². The van der Waals surface area contributed by atoms with Gasteiger partial charge in [-0.1, -0.05) is 6.92 Å². The summed E-state index contributed by atoms with van der Waals surface area (Å²) in [6.45, 7) is 2.47. The quantitative estimate of drug-likeness (QED) is 0.676. The normalized spacial score (nSPS) is 13.1. The lowest BCUT2D eigenvalue weighted by molar-refractivity contribution is -0.131. The van der Waals surface area contributed by atoms with Crippen molar-refractivity contribution in [3.05, 3.63) is 0 Å². The summed E-state index contributed by atoms with van der Waals surface area (Å²) >= 11 is 0. The van der Waals surface area contributed by atoms with E-state index in [2.05, 4.69) is 5.32 Å². The van der Waals surface area contributed by atoms with Crippen molar-refractivity contribution in [2.24, 2.45) is 5.92 Å². The molecule has 0 saturated heterocycles. The van der Waals surface area contributed by atoms with Crippen LogP contribution in [0.2, 0.25) is 0 Å². The van der Waals surface area contributed by atoms with E-state index < -0.39 is 12.3 Å². The third-order valence-corrected chi connectivity index (χ3v) is 1.27. The fourth-order valence-electron chi connectivity index (χ4n) is 0.695. The Morgan fingerprint density at radius 2 is 2.17 bits per heavy atom. The Labute approximate surface area is 70.1 Å². The molecule has 1 unspecified atom stereocenters. The second-order valence-corrected chi connectivity index (χ2v) is 2.61. The molecule has 0 rings (SSSR count). The molecule has 0 aromatic rings. The molecular formula is C7H13F2NO2. The van der Waals surface area contributed by atoms with E-state index >= 15 is 0 Å². The number of hydrogen-bond acceptors (Lipinski definition) is 2. The van der Waals surface area contributed by atoms with E-state index in [1.54, 1.807) is 6.92 Å². The van der Waals surface area contributed by atoms with Crippen molar-refractivity contribution in [3.8, 4) is 0 Å². The van der Waals surface area contributed by atoms with Gasteiger partial charge in [-0.25, -0.2) is 0 Å². The van der Waals surface area contributed by atoms with Crippen molar-refractivity contribution in [3.63, 3.8) is 0 Å². The Hall–Kier alpha value is -0.710. The summed E-state index contributed by atoms with van der Waals surface area (Å²) in [5, 5.41) is 2.10. The predicted molar refractivity (Wildman–Crippen MR) is 40.1 cm³/mol. The molecule has 0 heterocycles. The van der Waals surface area contributed by atoms with Gasteiger partial charge in [-0.05, 0) is 5.92 Å². The highest BCUT2D eigenvalue weighted by Gasteiger charge is 2.14. The number of alkyl halides is 2. The molecule has 1 N–H and O–H groups in total.